The molecule has 0 bridgehead atoms. The van der Waals surface area contributed by atoms with Crippen molar-refractivity contribution in [3.05, 3.63) is 0 Å². The summed E-state index contributed by atoms with van der Waals surface area (Å²) in [7, 11) is 0. The zero-order chi connectivity index (χ0) is 43.2. The number of aliphatic hydroxyl groups excluding tert-OH is 11. The molecule has 4 aliphatic rings. The minimum atomic E-state index is -1.85. The van der Waals surface area contributed by atoms with Gasteiger partial charge in [0.25, 0.3) is 0 Å². The molecule has 4 aliphatic heterocycles. The molecule has 4 heterocycles. The van der Waals surface area contributed by atoms with Crippen LogP contribution in [-0.2, 0) is 37.9 Å². The van der Waals surface area contributed by atoms with Crippen LogP contribution in [0.3, 0.4) is 0 Å². The SMILES string of the molecule is CCCCCCCCCCCCCCCCO[C@H]1O[C@H](CO[C@H]2O[C@@H](C)[C@@H](O)[C@@H](O[C@@H]3O[C@H](CO)[C@@H](O)[C@H](O)[C@H]3O[C@@H]3O[C@@H](C)[C@@H](O)[C@@H](O)[C@H]3O)[C@H]2O)[C@@H](O)[C@H](O)[C@H]1O. The van der Waals surface area contributed by atoms with Crippen molar-refractivity contribution in [2.24, 2.45) is 0 Å². The molecule has 19 nitrogen and oxygen atoms in total. The molecule has 0 radical (unpaired) electrons. The quantitative estimate of drug-likeness (QED) is 0.0509. The van der Waals surface area contributed by atoms with Gasteiger partial charge in [-0.2, -0.15) is 0 Å². The third-order valence-corrected chi connectivity index (χ3v) is 11.9. The largest absolute Gasteiger partial charge is 0.394 e. The summed E-state index contributed by atoms with van der Waals surface area (Å²) in [4.78, 5) is 0. The van der Waals surface area contributed by atoms with Crippen LogP contribution in [0.4, 0.5) is 0 Å². The van der Waals surface area contributed by atoms with E-state index in [-0.39, 0.29) is 6.61 Å². The molecule has 4 saturated heterocycles. The Morgan fingerprint density at radius 2 is 0.847 bits per heavy atom. The molecule has 348 valence electrons. The van der Waals surface area contributed by atoms with Crippen LogP contribution < -0.4 is 0 Å². The van der Waals surface area contributed by atoms with Crippen molar-refractivity contribution in [2.75, 3.05) is 19.8 Å². The molecular weight excluding hydrogens is 784 g/mol. The maximum atomic E-state index is 11.3. The lowest BCUT2D eigenvalue weighted by Gasteiger charge is -2.48. The van der Waals surface area contributed by atoms with Gasteiger partial charge in [-0.1, -0.05) is 90.4 Å². The Balaban J connectivity index is 1.26. The predicted octanol–water partition coefficient (Wildman–Crippen LogP) is -1.19. The highest BCUT2D eigenvalue weighted by molar-refractivity contribution is 4.96. The molecule has 0 aliphatic carbocycles. The van der Waals surface area contributed by atoms with Crippen molar-refractivity contribution in [1.29, 1.82) is 0 Å². The Kier molecular flexibility index (Phi) is 22.0. The van der Waals surface area contributed by atoms with E-state index in [0.29, 0.717) is 6.42 Å². The highest BCUT2D eigenvalue weighted by atomic mass is 16.8. The van der Waals surface area contributed by atoms with Crippen molar-refractivity contribution in [3.63, 3.8) is 0 Å². The highest BCUT2D eigenvalue weighted by Gasteiger charge is 2.54. The minimum Gasteiger partial charge on any atom is -0.394 e. The minimum absolute atomic E-state index is 0.249. The molecule has 0 amide bonds. The van der Waals surface area contributed by atoms with Gasteiger partial charge in [-0.3, -0.25) is 0 Å². The van der Waals surface area contributed by atoms with Crippen molar-refractivity contribution in [3.8, 4) is 0 Å². The summed E-state index contributed by atoms with van der Waals surface area (Å²) in [5.74, 6) is 0. The van der Waals surface area contributed by atoms with Crippen LogP contribution >= 0.6 is 0 Å². The second kappa shape index (κ2) is 25.5. The van der Waals surface area contributed by atoms with Gasteiger partial charge < -0.3 is 94.1 Å². The van der Waals surface area contributed by atoms with Crippen molar-refractivity contribution in [1.82, 2.24) is 0 Å². The van der Waals surface area contributed by atoms with Crippen molar-refractivity contribution >= 4 is 0 Å². The molecule has 20 atom stereocenters. The maximum absolute atomic E-state index is 11.3. The van der Waals surface area contributed by atoms with E-state index < -0.39 is 136 Å². The topological polar surface area (TPSA) is 296 Å². The second-order valence-corrected chi connectivity index (χ2v) is 16.6. The van der Waals surface area contributed by atoms with Crippen LogP contribution in [-0.4, -0.2) is 199 Å². The van der Waals surface area contributed by atoms with Crippen molar-refractivity contribution in [2.45, 2.75) is 233 Å². The van der Waals surface area contributed by atoms with E-state index in [1.165, 1.54) is 78.1 Å². The van der Waals surface area contributed by atoms with Gasteiger partial charge in [0.1, 0.15) is 85.5 Å². The molecule has 11 N–H and O–H groups in total. The Morgan fingerprint density at radius 1 is 0.390 bits per heavy atom. The summed E-state index contributed by atoms with van der Waals surface area (Å²) >= 11 is 0. The first-order valence-corrected chi connectivity index (χ1v) is 21.8. The van der Waals surface area contributed by atoms with Crippen molar-refractivity contribution < 1.29 is 94.1 Å². The Hall–Kier alpha value is -0.760. The van der Waals surface area contributed by atoms with Crippen LogP contribution in [0.5, 0.6) is 0 Å². The number of aliphatic hydroxyl groups is 11. The normalized spacial score (nSPS) is 43.2. The van der Waals surface area contributed by atoms with Gasteiger partial charge in [-0.05, 0) is 20.3 Å². The first-order chi connectivity index (χ1) is 28.2. The lowest BCUT2D eigenvalue weighted by molar-refractivity contribution is -0.388. The molecule has 0 aromatic carbocycles. The molecule has 4 fully saturated rings. The summed E-state index contributed by atoms with van der Waals surface area (Å²) in [5.41, 5.74) is 0. The first-order valence-electron chi connectivity index (χ1n) is 21.8. The van der Waals surface area contributed by atoms with Gasteiger partial charge in [0, 0.05) is 6.61 Å². The predicted molar refractivity (Wildman–Crippen MR) is 205 cm³/mol. The fourth-order valence-electron chi connectivity index (χ4n) is 7.92. The molecule has 0 aromatic rings. The van der Waals surface area contributed by atoms with Gasteiger partial charge >= 0.3 is 0 Å². The van der Waals surface area contributed by atoms with Crippen LogP contribution in [0.2, 0.25) is 0 Å². The fraction of sp³-hybridized carbons (Fsp3) is 1.00. The van der Waals surface area contributed by atoms with Crippen LogP contribution in [0.1, 0.15) is 111 Å². The van der Waals surface area contributed by atoms with E-state index in [2.05, 4.69) is 6.92 Å². The third-order valence-electron chi connectivity index (χ3n) is 11.9. The lowest BCUT2D eigenvalue weighted by atomic mass is 9.96. The average molecular weight is 859 g/mol. The van der Waals surface area contributed by atoms with E-state index >= 15 is 0 Å². The standard InChI is InChI=1S/C40H74O19/c1-4-5-6-7-8-9-10-11-12-13-14-15-16-17-18-52-37-32(49)30(47)28(45)24(57-37)20-53-38-34(51)35(26(43)22(3)54-38)58-40-36(31(48)27(44)23(19-41)56-40)59-39-33(50)29(46)25(42)21(2)55-39/h21-51H,4-20H2,1-3H3/t21-,22-,23+,24+,25+,26+,27+,28+,29+,30-,31-,32+,33+,34+,35+,36+,37-,38-,39-,40-/m0/s1. The second-order valence-electron chi connectivity index (χ2n) is 16.6. The zero-order valence-electron chi connectivity index (χ0n) is 34.8. The molecule has 19 heteroatoms. The smallest absolute Gasteiger partial charge is 0.187 e. The van der Waals surface area contributed by atoms with Crippen LogP contribution in [0.25, 0.3) is 0 Å². The molecule has 0 unspecified atom stereocenters. The van der Waals surface area contributed by atoms with Gasteiger partial charge in [0.05, 0.1) is 25.4 Å². The van der Waals surface area contributed by atoms with E-state index in [9.17, 15) is 56.2 Å². The summed E-state index contributed by atoms with van der Waals surface area (Å²) in [5, 5.41) is 117. The van der Waals surface area contributed by atoms with E-state index in [1.807, 2.05) is 0 Å². The van der Waals surface area contributed by atoms with E-state index in [1.54, 1.807) is 0 Å². The van der Waals surface area contributed by atoms with Gasteiger partial charge in [0.2, 0.25) is 0 Å². The lowest BCUT2D eigenvalue weighted by Crippen LogP contribution is -2.66. The molecular formula is C40H74O19. The monoisotopic (exact) mass is 858 g/mol. The van der Waals surface area contributed by atoms with Crippen LogP contribution in [0.15, 0.2) is 0 Å². The zero-order valence-corrected chi connectivity index (χ0v) is 34.8. The summed E-state index contributed by atoms with van der Waals surface area (Å²) in [6, 6.07) is 0. The Labute approximate surface area is 347 Å². The molecule has 0 aromatic heterocycles. The summed E-state index contributed by atoms with van der Waals surface area (Å²) in [6.45, 7) is 4.06. The van der Waals surface area contributed by atoms with Crippen LogP contribution in [0, 0.1) is 0 Å². The number of hydrogen-bond donors (Lipinski definition) is 11. The van der Waals surface area contributed by atoms with E-state index in [0.717, 1.165) is 19.3 Å². The molecule has 0 saturated carbocycles. The Morgan fingerprint density at radius 3 is 1.44 bits per heavy atom. The fourth-order valence-corrected chi connectivity index (χ4v) is 7.92. The van der Waals surface area contributed by atoms with E-state index in [4.69, 9.17) is 37.9 Å². The number of ether oxygens (including phenoxy) is 8. The summed E-state index contributed by atoms with van der Waals surface area (Å²) in [6.07, 6.45) is -14.3. The molecule has 59 heavy (non-hydrogen) atoms. The third kappa shape index (κ3) is 14.1. The number of rotatable bonds is 24. The first kappa shape index (κ1) is 50.9. The number of unbranched alkanes of at least 4 members (excludes halogenated alkanes) is 13. The van der Waals surface area contributed by atoms with Gasteiger partial charge in [-0.25, -0.2) is 0 Å². The highest BCUT2D eigenvalue weighted by Crippen LogP contribution is 2.34. The van der Waals surface area contributed by atoms with Gasteiger partial charge in [-0.15, -0.1) is 0 Å². The molecule has 0 spiro atoms. The van der Waals surface area contributed by atoms with Gasteiger partial charge in [0.15, 0.2) is 25.2 Å². The number of hydrogen-bond acceptors (Lipinski definition) is 19. The Bertz CT molecular complexity index is 1140. The molecule has 4 rings (SSSR count). The summed E-state index contributed by atoms with van der Waals surface area (Å²) < 4.78 is 45.8. The maximum Gasteiger partial charge on any atom is 0.187 e. The average Bonchev–Trinajstić information content (AvgIpc) is 3.22.